The Balaban J connectivity index is 1.55. The summed E-state index contributed by atoms with van der Waals surface area (Å²) in [6.07, 6.45) is 8.24. The molecule has 0 aliphatic carbocycles. The van der Waals surface area contributed by atoms with Gasteiger partial charge in [0.25, 0.3) is 0 Å². The van der Waals surface area contributed by atoms with E-state index < -0.39 is 6.10 Å². The van der Waals surface area contributed by atoms with Gasteiger partial charge < -0.3 is 15.2 Å². The summed E-state index contributed by atoms with van der Waals surface area (Å²) >= 11 is 0. The molecule has 0 spiro atoms. The van der Waals surface area contributed by atoms with Crippen LogP contribution in [0.15, 0.2) is 43.0 Å². The molecule has 1 aliphatic heterocycles. The van der Waals surface area contributed by atoms with E-state index in [1.807, 2.05) is 48.8 Å². The summed E-state index contributed by atoms with van der Waals surface area (Å²) in [5.74, 6) is 0.315. The molecule has 1 aliphatic rings. The fraction of sp³-hybridized carbons (Fsp3) is 0.333. The van der Waals surface area contributed by atoms with E-state index in [0.29, 0.717) is 31.1 Å². The lowest BCUT2D eigenvalue weighted by molar-refractivity contribution is -0.133. The van der Waals surface area contributed by atoms with E-state index in [1.54, 1.807) is 12.4 Å². The van der Waals surface area contributed by atoms with Crippen LogP contribution in [0.1, 0.15) is 37.1 Å². The lowest BCUT2D eigenvalue weighted by Gasteiger charge is -2.24. The molecule has 1 atom stereocenters. The molecule has 5 rings (SSSR count). The molecule has 4 aromatic heterocycles. The Morgan fingerprint density at radius 2 is 2.06 bits per heavy atom. The number of hydrogen-bond donors (Lipinski definition) is 2. The SMILES string of the molecule is CCC[C@@H](O)c1cc(C)c(-c2cc3cnc(NC(=O)C4COC4)cc3n3ccnc23)cn1. The van der Waals surface area contributed by atoms with Gasteiger partial charge in [0.05, 0.1) is 36.4 Å². The number of rotatable bonds is 6. The number of carbonyl (C=O) groups is 1. The Hall–Kier alpha value is -3.36. The van der Waals surface area contributed by atoms with Crippen molar-refractivity contribution in [2.75, 3.05) is 18.5 Å². The first-order chi connectivity index (χ1) is 15.5. The summed E-state index contributed by atoms with van der Waals surface area (Å²) in [5, 5.41) is 14.1. The van der Waals surface area contributed by atoms with Crippen molar-refractivity contribution in [2.45, 2.75) is 32.8 Å². The van der Waals surface area contributed by atoms with Gasteiger partial charge in [-0.25, -0.2) is 9.97 Å². The van der Waals surface area contributed by atoms with Crippen molar-refractivity contribution in [3.8, 4) is 11.1 Å². The highest BCUT2D eigenvalue weighted by molar-refractivity contribution is 5.96. The molecule has 0 radical (unpaired) electrons. The number of anilines is 1. The number of amides is 1. The average molecular weight is 431 g/mol. The van der Waals surface area contributed by atoms with Crippen molar-refractivity contribution in [1.82, 2.24) is 19.4 Å². The predicted octanol–water partition coefficient (Wildman–Crippen LogP) is 3.67. The average Bonchev–Trinajstić information content (AvgIpc) is 3.22. The van der Waals surface area contributed by atoms with Gasteiger partial charge in [0.2, 0.25) is 5.91 Å². The number of hydrogen-bond acceptors (Lipinski definition) is 6. The Morgan fingerprint density at radius 3 is 2.78 bits per heavy atom. The minimum Gasteiger partial charge on any atom is -0.387 e. The van der Waals surface area contributed by atoms with Crippen LogP contribution >= 0.6 is 0 Å². The molecule has 8 nitrogen and oxygen atoms in total. The van der Waals surface area contributed by atoms with Gasteiger partial charge in [0, 0.05) is 47.4 Å². The molecular formula is C24H25N5O3. The zero-order valence-electron chi connectivity index (χ0n) is 18.1. The van der Waals surface area contributed by atoms with Crippen molar-refractivity contribution < 1.29 is 14.6 Å². The minimum atomic E-state index is -0.555. The molecule has 1 fully saturated rings. The first-order valence-corrected chi connectivity index (χ1v) is 10.8. The summed E-state index contributed by atoms with van der Waals surface area (Å²) in [7, 11) is 0. The maximum atomic E-state index is 12.3. The molecule has 1 amide bonds. The number of ether oxygens (including phenoxy) is 1. The first-order valence-electron chi connectivity index (χ1n) is 10.8. The number of pyridine rings is 3. The largest absolute Gasteiger partial charge is 0.387 e. The van der Waals surface area contributed by atoms with Crippen molar-refractivity contribution in [3.63, 3.8) is 0 Å². The van der Waals surface area contributed by atoms with E-state index in [4.69, 9.17) is 4.74 Å². The van der Waals surface area contributed by atoms with Crippen molar-refractivity contribution in [1.29, 1.82) is 0 Å². The van der Waals surface area contributed by atoms with Gasteiger partial charge >= 0.3 is 0 Å². The second-order valence-corrected chi connectivity index (χ2v) is 8.26. The summed E-state index contributed by atoms with van der Waals surface area (Å²) in [5.41, 5.74) is 5.30. The van der Waals surface area contributed by atoms with Crippen molar-refractivity contribution in [3.05, 3.63) is 54.2 Å². The van der Waals surface area contributed by atoms with Crippen LogP contribution in [0.5, 0.6) is 0 Å². The number of fused-ring (bicyclic) bond motifs is 3. The van der Waals surface area contributed by atoms with Crippen LogP contribution in [0.25, 0.3) is 27.7 Å². The van der Waals surface area contributed by atoms with E-state index in [2.05, 4.69) is 20.3 Å². The summed E-state index contributed by atoms with van der Waals surface area (Å²) in [4.78, 5) is 25.8. The normalized spacial score (nSPS) is 15.1. The van der Waals surface area contributed by atoms with Crippen LogP contribution in [-0.4, -0.2) is 43.6 Å². The Kier molecular flexibility index (Phi) is 5.32. The van der Waals surface area contributed by atoms with Gasteiger partial charge in [-0.3, -0.25) is 14.2 Å². The predicted molar refractivity (Wildman–Crippen MR) is 121 cm³/mol. The van der Waals surface area contributed by atoms with Gasteiger partial charge in [-0.15, -0.1) is 0 Å². The highest BCUT2D eigenvalue weighted by Crippen LogP contribution is 2.32. The summed E-state index contributed by atoms with van der Waals surface area (Å²) in [6.45, 7) is 4.97. The number of imidazole rings is 1. The fourth-order valence-electron chi connectivity index (χ4n) is 4.04. The van der Waals surface area contributed by atoms with E-state index in [1.165, 1.54) is 0 Å². The molecule has 0 saturated carbocycles. The van der Waals surface area contributed by atoms with E-state index >= 15 is 0 Å². The van der Waals surface area contributed by atoms with E-state index in [9.17, 15) is 9.90 Å². The van der Waals surface area contributed by atoms with Crippen molar-refractivity contribution >= 4 is 28.3 Å². The summed E-state index contributed by atoms with van der Waals surface area (Å²) in [6, 6.07) is 5.85. The third-order valence-electron chi connectivity index (χ3n) is 5.94. The topological polar surface area (TPSA) is 102 Å². The number of carbonyl (C=O) groups excluding carboxylic acids is 1. The number of aliphatic hydroxyl groups is 1. The molecule has 164 valence electrons. The quantitative estimate of drug-likeness (QED) is 0.483. The van der Waals surface area contributed by atoms with Crippen LogP contribution in [0.3, 0.4) is 0 Å². The van der Waals surface area contributed by atoms with Crippen molar-refractivity contribution in [2.24, 2.45) is 5.92 Å². The molecule has 8 heteroatoms. The zero-order chi connectivity index (χ0) is 22.2. The number of nitrogens with zero attached hydrogens (tertiary/aromatic N) is 4. The lowest BCUT2D eigenvalue weighted by Crippen LogP contribution is -2.38. The fourth-order valence-corrected chi connectivity index (χ4v) is 4.04. The monoisotopic (exact) mass is 431 g/mol. The zero-order valence-corrected chi connectivity index (χ0v) is 18.1. The molecule has 2 N–H and O–H groups in total. The molecule has 0 aromatic carbocycles. The van der Waals surface area contributed by atoms with Crippen LogP contribution in [0, 0.1) is 12.8 Å². The van der Waals surface area contributed by atoms with Gasteiger partial charge in [-0.1, -0.05) is 13.3 Å². The minimum absolute atomic E-state index is 0.0753. The number of nitrogens with one attached hydrogen (secondary N) is 1. The van der Waals surface area contributed by atoms with Crippen LogP contribution in [-0.2, 0) is 9.53 Å². The molecule has 5 heterocycles. The van der Waals surface area contributed by atoms with Crippen LogP contribution in [0.2, 0.25) is 0 Å². The molecule has 0 bridgehead atoms. The standard InChI is InChI=1S/C24H25N5O3/c1-3-4-21(30)19-7-14(2)18(11-26-19)17-8-15-10-27-22(28-24(31)16-12-32-13-16)9-20(15)29-6-5-25-23(17)29/h5-11,16,21,30H,3-4,12-13H2,1-2H3,(H,27,28,31)/t21-/m1/s1. The third kappa shape index (κ3) is 3.61. The van der Waals surface area contributed by atoms with E-state index in [-0.39, 0.29) is 11.8 Å². The number of aromatic nitrogens is 4. The molecule has 0 unspecified atom stereocenters. The highest BCUT2D eigenvalue weighted by atomic mass is 16.5. The van der Waals surface area contributed by atoms with Gasteiger partial charge in [0.15, 0.2) is 0 Å². The first kappa shape index (κ1) is 20.5. The smallest absolute Gasteiger partial charge is 0.233 e. The van der Waals surface area contributed by atoms with Gasteiger partial charge in [-0.2, -0.15) is 0 Å². The van der Waals surface area contributed by atoms with E-state index in [0.717, 1.165) is 39.7 Å². The maximum absolute atomic E-state index is 12.3. The molecule has 32 heavy (non-hydrogen) atoms. The van der Waals surface area contributed by atoms with Gasteiger partial charge in [0.1, 0.15) is 11.5 Å². The Morgan fingerprint density at radius 1 is 1.22 bits per heavy atom. The number of aryl methyl sites for hydroxylation is 1. The third-order valence-corrected chi connectivity index (χ3v) is 5.94. The Labute approximate surface area is 185 Å². The van der Waals surface area contributed by atoms with Crippen LogP contribution < -0.4 is 5.32 Å². The van der Waals surface area contributed by atoms with Gasteiger partial charge in [-0.05, 0) is 31.0 Å². The highest BCUT2D eigenvalue weighted by Gasteiger charge is 2.26. The second kappa shape index (κ2) is 8.29. The number of aliphatic hydroxyl groups excluding tert-OH is 1. The molecule has 4 aromatic rings. The molecular weight excluding hydrogens is 406 g/mol. The lowest BCUT2D eigenvalue weighted by atomic mass is 10.00. The Bertz CT molecular complexity index is 1310. The van der Waals surface area contributed by atoms with Crippen LogP contribution in [0.4, 0.5) is 5.82 Å². The summed E-state index contributed by atoms with van der Waals surface area (Å²) < 4.78 is 7.09. The maximum Gasteiger partial charge on any atom is 0.233 e. The second-order valence-electron chi connectivity index (χ2n) is 8.26. The molecule has 1 saturated heterocycles.